The Kier molecular flexibility index (Phi) is 4.19. The molecular formula is C15H23N3O2S. The van der Waals surface area contributed by atoms with E-state index in [-0.39, 0.29) is 0 Å². The molecule has 0 atom stereocenters. The maximum Gasteiger partial charge on any atom is 0.243 e. The fraction of sp³-hybridized carbons (Fsp3) is 0.600. The fourth-order valence-electron chi connectivity index (χ4n) is 3.05. The summed E-state index contributed by atoms with van der Waals surface area (Å²) in [6.07, 6.45) is 2.01. The molecular weight excluding hydrogens is 286 g/mol. The summed E-state index contributed by atoms with van der Waals surface area (Å²) in [7, 11) is -3.35. The van der Waals surface area contributed by atoms with Crippen molar-refractivity contribution in [3.05, 3.63) is 23.8 Å². The van der Waals surface area contributed by atoms with E-state index in [1.54, 1.807) is 10.4 Å². The standard InChI is InChI=1S/C15H23N3O2S/c1-2-17-8-10-18(11-9-17)21(19,20)14-5-6-15-13(12-14)4-3-7-16-15/h5-6,12,16H,2-4,7-11H2,1H3. The van der Waals surface area contributed by atoms with E-state index in [9.17, 15) is 8.42 Å². The molecule has 1 aromatic carbocycles. The van der Waals surface area contributed by atoms with Gasteiger partial charge in [-0.1, -0.05) is 6.92 Å². The number of benzene rings is 1. The molecule has 0 unspecified atom stereocenters. The number of rotatable bonds is 3. The molecule has 2 aliphatic rings. The molecule has 0 amide bonds. The Morgan fingerprint density at radius 1 is 1.19 bits per heavy atom. The first kappa shape index (κ1) is 14.8. The lowest BCUT2D eigenvalue weighted by Gasteiger charge is -2.33. The topological polar surface area (TPSA) is 52.7 Å². The van der Waals surface area contributed by atoms with Crippen molar-refractivity contribution in [3.63, 3.8) is 0 Å². The summed E-state index contributed by atoms with van der Waals surface area (Å²) >= 11 is 0. The molecule has 0 aliphatic carbocycles. The monoisotopic (exact) mass is 309 g/mol. The minimum atomic E-state index is -3.35. The normalized spacial score (nSPS) is 20.8. The smallest absolute Gasteiger partial charge is 0.243 e. The van der Waals surface area contributed by atoms with Crippen LogP contribution in [0.2, 0.25) is 0 Å². The van der Waals surface area contributed by atoms with E-state index < -0.39 is 10.0 Å². The minimum absolute atomic E-state index is 0.440. The molecule has 2 aliphatic heterocycles. The van der Waals surface area contributed by atoms with Crippen LogP contribution in [0.4, 0.5) is 5.69 Å². The molecule has 1 fully saturated rings. The molecule has 0 spiro atoms. The van der Waals surface area contributed by atoms with Crippen LogP contribution in [0.5, 0.6) is 0 Å². The average molecular weight is 309 g/mol. The number of aryl methyl sites for hydroxylation is 1. The first-order valence-corrected chi connectivity index (χ1v) is 9.14. The van der Waals surface area contributed by atoms with Gasteiger partial charge in [0.2, 0.25) is 10.0 Å². The number of nitrogens with one attached hydrogen (secondary N) is 1. The van der Waals surface area contributed by atoms with Gasteiger partial charge < -0.3 is 10.2 Å². The molecule has 0 radical (unpaired) electrons. The lowest BCUT2D eigenvalue weighted by atomic mass is 10.0. The van der Waals surface area contributed by atoms with Crippen molar-refractivity contribution in [1.82, 2.24) is 9.21 Å². The van der Waals surface area contributed by atoms with Crippen LogP contribution in [0.15, 0.2) is 23.1 Å². The number of anilines is 1. The highest BCUT2D eigenvalue weighted by Crippen LogP contribution is 2.26. The second-order valence-corrected chi connectivity index (χ2v) is 7.63. The zero-order valence-electron chi connectivity index (χ0n) is 12.5. The second-order valence-electron chi connectivity index (χ2n) is 5.69. The number of fused-ring (bicyclic) bond motifs is 1. The zero-order valence-corrected chi connectivity index (χ0v) is 13.3. The van der Waals surface area contributed by atoms with Gasteiger partial charge in [0.05, 0.1) is 4.90 Å². The van der Waals surface area contributed by atoms with Gasteiger partial charge in [-0.2, -0.15) is 4.31 Å². The Balaban J connectivity index is 1.82. The molecule has 1 N–H and O–H groups in total. The molecule has 0 saturated carbocycles. The van der Waals surface area contributed by atoms with Crippen LogP contribution in [0.1, 0.15) is 18.9 Å². The van der Waals surface area contributed by atoms with Gasteiger partial charge in [0, 0.05) is 38.4 Å². The number of piperazine rings is 1. The van der Waals surface area contributed by atoms with Crippen molar-refractivity contribution < 1.29 is 8.42 Å². The molecule has 1 aromatic rings. The summed E-state index contributed by atoms with van der Waals surface area (Å²) in [6.45, 7) is 6.89. The van der Waals surface area contributed by atoms with Gasteiger partial charge in [0.15, 0.2) is 0 Å². The first-order chi connectivity index (χ1) is 10.1. The van der Waals surface area contributed by atoms with Crippen LogP contribution in [0.3, 0.4) is 0 Å². The summed E-state index contributed by atoms with van der Waals surface area (Å²) in [4.78, 5) is 2.72. The summed E-state index contributed by atoms with van der Waals surface area (Å²) < 4.78 is 27.1. The van der Waals surface area contributed by atoms with Crippen LogP contribution >= 0.6 is 0 Å². The van der Waals surface area contributed by atoms with Crippen LogP contribution in [0, 0.1) is 0 Å². The van der Waals surface area contributed by atoms with E-state index in [4.69, 9.17) is 0 Å². The second kappa shape index (κ2) is 5.94. The Bertz CT molecular complexity index is 607. The number of hydrogen-bond acceptors (Lipinski definition) is 4. The fourth-order valence-corrected chi connectivity index (χ4v) is 4.52. The molecule has 0 bridgehead atoms. The van der Waals surface area contributed by atoms with Crippen LogP contribution in [-0.4, -0.2) is 56.9 Å². The highest BCUT2D eigenvalue weighted by atomic mass is 32.2. The number of hydrogen-bond donors (Lipinski definition) is 1. The SMILES string of the molecule is CCN1CCN(S(=O)(=O)c2ccc3c(c2)CCCN3)CC1. The van der Waals surface area contributed by atoms with Crippen molar-refractivity contribution in [2.75, 3.05) is 44.6 Å². The largest absolute Gasteiger partial charge is 0.385 e. The third kappa shape index (κ3) is 2.93. The minimum Gasteiger partial charge on any atom is -0.385 e. The van der Waals surface area contributed by atoms with Gasteiger partial charge in [-0.25, -0.2) is 8.42 Å². The lowest BCUT2D eigenvalue weighted by Crippen LogP contribution is -2.48. The van der Waals surface area contributed by atoms with E-state index in [0.717, 1.165) is 50.3 Å². The molecule has 0 aromatic heterocycles. The molecule has 21 heavy (non-hydrogen) atoms. The predicted octanol–water partition coefficient (Wildman–Crippen LogP) is 1.37. The molecule has 1 saturated heterocycles. The highest BCUT2D eigenvalue weighted by Gasteiger charge is 2.28. The van der Waals surface area contributed by atoms with Gasteiger partial charge in [-0.05, 0) is 43.1 Å². The van der Waals surface area contributed by atoms with E-state index in [1.165, 1.54) is 0 Å². The Morgan fingerprint density at radius 3 is 2.67 bits per heavy atom. The zero-order chi connectivity index (χ0) is 14.9. The van der Waals surface area contributed by atoms with Gasteiger partial charge in [-0.15, -0.1) is 0 Å². The van der Waals surface area contributed by atoms with Crippen LogP contribution in [0.25, 0.3) is 0 Å². The lowest BCUT2D eigenvalue weighted by molar-refractivity contribution is 0.196. The Morgan fingerprint density at radius 2 is 1.95 bits per heavy atom. The van der Waals surface area contributed by atoms with E-state index in [2.05, 4.69) is 17.1 Å². The molecule has 6 heteroatoms. The number of likely N-dealkylation sites (N-methyl/N-ethyl adjacent to an activating group) is 1. The summed E-state index contributed by atoms with van der Waals surface area (Å²) in [5, 5.41) is 3.32. The molecule has 5 nitrogen and oxygen atoms in total. The number of nitrogens with zero attached hydrogens (tertiary/aromatic N) is 2. The summed E-state index contributed by atoms with van der Waals surface area (Å²) in [5.74, 6) is 0. The summed E-state index contributed by atoms with van der Waals surface area (Å²) in [5.41, 5.74) is 2.20. The van der Waals surface area contributed by atoms with Crippen molar-refractivity contribution >= 4 is 15.7 Å². The van der Waals surface area contributed by atoms with Crippen molar-refractivity contribution in [2.45, 2.75) is 24.7 Å². The van der Waals surface area contributed by atoms with Crippen molar-refractivity contribution in [2.24, 2.45) is 0 Å². The van der Waals surface area contributed by atoms with E-state index in [1.807, 2.05) is 12.1 Å². The van der Waals surface area contributed by atoms with Crippen molar-refractivity contribution in [3.8, 4) is 0 Å². The third-order valence-electron chi connectivity index (χ3n) is 4.43. The maximum atomic E-state index is 12.8. The van der Waals surface area contributed by atoms with E-state index in [0.29, 0.717) is 18.0 Å². The van der Waals surface area contributed by atoms with Gasteiger partial charge in [0.1, 0.15) is 0 Å². The quantitative estimate of drug-likeness (QED) is 0.916. The van der Waals surface area contributed by atoms with Crippen LogP contribution < -0.4 is 5.32 Å². The Hall–Kier alpha value is -1.11. The molecule has 2 heterocycles. The van der Waals surface area contributed by atoms with E-state index >= 15 is 0 Å². The Labute approximate surface area is 127 Å². The molecule has 3 rings (SSSR count). The number of sulfonamides is 1. The maximum absolute atomic E-state index is 12.8. The van der Waals surface area contributed by atoms with Gasteiger partial charge >= 0.3 is 0 Å². The third-order valence-corrected chi connectivity index (χ3v) is 6.33. The van der Waals surface area contributed by atoms with Crippen molar-refractivity contribution in [1.29, 1.82) is 0 Å². The predicted molar refractivity (Wildman–Crippen MR) is 84.1 cm³/mol. The van der Waals surface area contributed by atoms with Gasteiger partial charge in [-0.3, -0.25) is 0 Å². The average Bonchev–Trinajstić information content (AvgIpc) is 2.54. The summed E-state index contributed by atoms with van der Waals surface area (Å²) in [6, 6.07) is 5.49. The molecule has 116 valence electrons. The first-order valence-electron chi connectivity index (χ1n) is 7.70. The van der Waals surface area contributed by atoms with Crippen LogP contribution in [-0.2, 0) is 16.4 Å². The van der Waals surface area contributed by atoms with Gasteiger partial charge in [0.25, 0.3) is 0 Å². The highest BCUT2D eigenvalue weighted by molar-refractivity contribution is 7.89.